The van der Waals surface area contributed by atoms with Crippen molar-refractivity contribution >= 4 is 17.3 Å². The van der Waals surface area contributed by atoms with Gasteiger partial charge < -0.3 is 9.84 Å². The van der Waals surface area contributed by atoms with E-state index in [1.54, 1.807) is 13.0 Å². The summed E-state index contributed by atoms with van der Waals surface area (Å²) in [5.74, 6) is -1.25. The topological polar surface area (TPSA) is 114 Å². The predicted molar refractivity (Wildman–Crippen MR) is 95.0 cm³/mol. The fourth-order valence-electron chi connectivity index (χ4n) is 2.13. The van der Waals surface area contributed by atoms with Crippen LogP contribution < -0.4 is 0 Å². The molecule has 2 aromatic rings. The number of rotatable bonds is 6. The minimum Gasteiger partial charge on any atom is -0.510 e. The van der Waals surface area contributed by atoms with Crippen LogP contribution in [-0.2, 0) is 9.53 Å². The molecule has 0 amide bonds. The van der Waals surface area contributed by atoms with Gasteiger partial charge in [0, 0.05) is 6.07 Å². The molecular weight excluding hydrogens is 338 g/mol. The number of nitro benzene ring substituents is 1. The van der Waals surface area contributed by atoms with Crippen molar-refractivity contribution in [2.24, 2.45) is 10.2 Å². The van der Waals surface area contributed by atoms with Gasteiger partial charge in [0.2, 0.25) is 5.70 Å². The van der Waals surface area contributed by atoms with Crippen LogP contribution in [0.15, 0.2) is 70.2 Å². The number of carbonyl (C=O) groups is 1. The molecule has 134 valence electrons. The molecule has 8 nitrogen and oxygen atoms in total. The summed E-state index contributed by atoms with van der Waals surface area (Å²) in [7, 11) is 0. The van der Waals surface area contributed by atoms with E-state index in [0.717, 1.165) is 5.56 Å². The molecule has 2 aromatic carbocycles. The van der Waals surface area contributed by atoms with E-state index in [0.29, 0.717) is 5.56 Å². The highest BCUT2D eigenvalue weighted by atomic mass is 16.6. The maximum atomic E-state index is 11.7. The van der Waals surface area contributed by atoms with Gasteiger partial charge in [0.05, 0.1) is 11.5 Å². The lowest BCUT2D eigenvalue weighted by atomic mass is 10.0. The normalized spacial score (nSPS) is 11.9. The number of benzene rings is 2. The number of hydrogen-bond acceptors (Lipinski definition) is 7. The van der Waals surface area contributed by atoms with Crippen molar-refractivity contribution in [3.05, 3.63) is 70.1 Å². The lowest BCUT2D eigenvalue weighted by Crippen LogP contribution is -2.07. The Morgan fingerprint density at radius 1 is 1.19 bits per heavy atom. The quantitative estimate of drug-likeness (QED) is 0.201. The molecule has 2 rings (SSSR count). The van der Waals surface area contributed by atoms with Gasteiger partial charge >= 0.3 is 5.97 Å². The van der Waals surface area contributed by atoms with Crippen molar-refractivity contribution in [1.29, 1.82) is 0 Å². The highest BCUT2D eigenvalue weighted by Crippen LogP contribution is 2.33. The van der Waals surface area contributed by atoms with Gasteiger partial charge in [-0.05, 0) is 31.0 Å². The molecule has 0 saturated heterocycles. The van der Waals surface area contributed by atoms with Crippen molar-refractivity contribution in [1.82, 2.24) is 0 Å². The third-order valence-electron chi connectivity index (χ3n) is 3.35. The molecule has 0 spiro atoms. The van der Waals surface area contributed by atoms with E-state index >= 15 is 0 Å². The largest absolute Gasteiger partial charge is 0.510 e. The first-order valence-corrected chi connectivity index (χ1v) is 7.76. The Morgan fingerprint density at radius 3 is 2.46 bits per heavy atom. The SMILES string of the molecule is CCOC(=O)/C(N=Nc1ccc(-c2ccccc2)cc1[N+](=O)[O-])=C(/C)O. The van der Waals surface area contributed by atoms with E-state index in [1.807, 2.05) is 30.3 Å². The molecular formula is C18H17N3O5. The molecule has 0 fully saturated rings. The Hall–Kier alpha value is -3.55. The van der Waals surface area contributed by atoms with Crippen LogP contribution in [0, 0.1) is 10.1 Å². The van der Waals surface area contributed by atoms with Gasteiger partial charge in [0.15, 0.2) is 5.69 Å². The van der Waals surface area contributed by atoms with Gasteiger partial charge in [-0.15, -0.1) is 10.2 Å². The van der Waals surface area contributed by atoms with Crippen LogP contribution >= 0.6 is 0 Å². The second-order valence-corrected chi connectivity index (χ2v) is 5.18. The Kier molecular flexibility index (Phi) is 6.15. The number of aliphatic hydroxyl groups excluding tert-OH is 1. The fraction of sp³-hybridized carbons (Fsp3) is 0.167. The fourth-order valence-corrected chi connectivity index (χ4v) is 2.13. The number of esters is 1. The van der Waals surface area contributed by atoms with E-state index in [-0.39, 0.29) is 18.0 Å². The van der Waals surface area contributed by atoms with E-state index in [1.165, 1.54) is 19.1 Å². The van der Waals surface area contributed by atoms with Crippen LogP contribution in [0.5, 0.6) is 0 Å². The maximum Gasteiger partial charge on any atom is 0.362 e. The molecule has 0 aliphatic heterocycles. The molecule has 0 radical (unpaired) electrons. The zero-order valence-electron chi connectivity index (χ0n) is 14.2. The molecule has 0 aliphatic carbocycles. The van der Waals surface area contributed by atoms with Crippen LogP contribution in [-0.4, -0.2) is 22.6 Å². The highest BCUT2D eigenvalue weighted by Gasteiger charge is 2.18. The molecule has 0 aliphatic rings. The van der Waals surface area contributed by atoms with E-state index in [9.17, 15) is 20.0 Å². The van der Waals surface area contributed by atoms with Gasteiger partial charge in [-0.3, -0.25) is 10.1 Å². The average molecular weight is 355 g/mol. The van der Waals surface area contributed by atoms with Gasteiger partial charge in [-0.25, -0.2) is 4.79 Å². The Balaban J connectivity index is 2.42. The van der Waals surface area contributed by atoms with Crippen molar-refractivity contribution in [3.63, 3.8) is 0 Å². The monoisotopic (exact) mass is 355 g/mol. The van der Waals surface area contributed by atoms with Gasteiger partial charge in [-0.2, -0.15) is 0 Å². The molecule has 1 N–H and O–H groups in total. The molecule has 0 unspecified atom stereocenters. The summed E-state index contributed by atoms with van der Waals surface area (Å²) in [6.07, 6.45) is 0. The van der Waals surface area contributed by atoms with Crippen LogP contribution in [0.1, 0.15) is 13.8 Å². The first kappa shape index (κ1) is 18.8. The number of carbonyl (C=O) groups excluding carboxylic acids is 1. The van der Waals surface area contributed by atoms with E-state index < -0.39 is 22.3 Å². The minimum atomic E-state index is -0.861. The number of nitro groups is 1. The number of allylic oxidation sites excluding steroid dienone is 1. The van der Waals surface area contributed by atoms with Gasteiger partial charge in [0.25, 0.3) is 5.69 Å². The Labute approximate surface area is 149 Å². The summed E-state index contributed by atoms with van der Waals surface area (Å²) < 4.78 is 4.76. The van der Waals surface area contributed by atoms with Crippen molar-refractivity contribution in [2.75, 3.05) is 6.61 Å². The first-order chi connectivity index (χ1) is 12.4. The van der Waals surface area contributed by atoms with Crippen molar-refractivity contribution in [3.8, 4) is 11.1 Å². The van der Waals surface area contributed by atoms with Crippen LogP contribution in [0.3, 0.4) is 0 Å². The van der Waals surface area contributed by atoms with Crippen LogP contribution in [0.25, 0.3) is 11.1 Å². The average Bonchev–Trinajstić information content (AvgIpc) is 2.62. The zero-order chi connectivity index (χ0) is 19.1. The Bertz CT molecular complexity index is 872. The summed E-state index contributed by atoms with van der Waals surface area (Å²) in [6.45, 7) is 2.95. The summed E-state index contributed by atoms with van der Waals surface area (Å²) >= 11 is 0. The minimum absolute atomic E-state index is 0.0438. The number of azo groups is 1. The number of nitrogens with zero attached hydrogens (tertiary/aromatic N) is 3. The molecule has 26 heavy (non-hydrogen) atoms. The van der Waals surface area contributed by atoms with Crippen molar-refractivity contribution in [2.45, 2.75) is 13.8 Å². The number of aliphatic hydroxyl groups is 1. The summed E-state index contributed by atoms with van der Waals surface area (Å²) in [4.78, 5) is 22.5. The number of hydrogen-bond donors (Lipinski definition) is 1. The smallest absolute Gasteiger partial charge is 0.362 e. The lowest BCUT2D eigenvalue weighted by molar-refractivity contribution is -0.384. The maximum absolute atomic E-state index is 11.7. The zero-order valence-corrected chi connectivity index (χ0v) is 14.2. The molecule has 0 aromatic heterocycles. The molecule has 0 saturated carbocycles. The molecule has 0 bridgehead atoms. The summed E-state index contributed by atoms with van der Waals surface area (Å²) in [5, 5.41) is 28.3. The predicted octanol–water partition coefficient (Wildman–Crippen LogP) is 4.70. The van der Waals surface area contributed by atoms with Crippen LogP contribution in [0.4, 0.5) is 11.4 Å². The molecule has 0 heterocycles. The first-order valence-electron chi connectivity index (χ1n) is 7.76. The third-order valence-corrected chi connectivity index (χ3v) is 3.35. The summed E-state index contributed by atoms with van der Waals surface area (Å²) in [6, 6.07) is 13.6. The summed E-state index contributed by atoms with van der Waals surface area (Å²) in [5.41, 5.74) is 0.744. The second kappa shape index (κ2) is 8.52. The third kappa shape index (κ3) is 4.50. The highest BCUT2D eigenvalue weighted by molar-refractivity contribution is 5.88. The standard InChI is InChI=1S/C18H17N3O5/c1-3-26-18(23)17(12(2)22)20-19-15-10-9-14(11-16(15)21(24)25)13-7-5-4-6-8-13/h4-11,22H,3H2,1-2H3/b17-12+,20-19?. The van der Waals surface area contributed by atoms with Gasteiger partial charge in [-0.1, -0.05) is 36.4 Å². The second-order valence-electron chi connectivity index (χ2n) is 5.18. The van der Waals surface area contributed by atoms with Crippen molar-refractivity contribution < 1.29 is 19.6 Å². The lowest BCUT2D eigenvalue weighted by Gasteiger charge is -2.04. The van der Waals surface area contributed by atoms with Crippen LogP contribution in [0.2, 0.25) is 0 Å². The van der Waals surface area contributed by atoms with E-state index in [4.69, 9.17) is 4.74 Å². The van der Waals surface area contributed by atoms with E-state index in [2.05, 4.69) is 10.2 Å². The Morgan fingerprint density at radius 2 is 1.88 bits per heavy atom. The van der Waals surface area contributed by atoms with Gasteiger partial charge in [0.1, 0.15) is 5.76 Å². The molecule has 8 heteroatoms. The molecule has 0 atom stereocenters. The number of ether oxygens (including phenoxy) is 1.